The van der Waals surface area contributed by atoms with E-state index in [1.54, 1.807) is 13.0 Å². The first-order chi connectivity index (χ1) is 8.54. The molecule has 1 aromatic carbocycles. The van der Waals surface area contributed by atoms with Crippen molar-refractivity contribution >= 4 is 34.5 Å². The number of rotatable bonds is 4. The summed E-state index contributed by atoms with van der Waals surface area (Å²) in [4.78, 5) is 18.0. The van der Waals surface area contributed by atoms with Crippen LogP contribution in [0.3, 0.4) is 0 Å². The second-order valence-electron chi connectivity index (χ2n) is 3.94. The van der Waals surface area contributed by atoms with Crippen molar-refractivity contribution < 1.29 is 9.90 Å². The van der Waals surface area contributed by atoms with Gasteiger partial charge in [0.15, 0.2) is 5.16 Å². The second-order valence-corrected chi connectivity index (χ2v) is 4.90. The molecule has 0 saturated heterocycles. The number of benzene rings is 1. The van der Waals surface area contributed by atoms with Gasteiger partial charge in [0.1, 0.15) is 0 Å². The third-order valence-electron chi connectivity index (χ3n) is 2.29. The minimum atomic E-state index is -0.925. The molecule has 0 amide bonds. The number of aliphatic carboxylic acids is 1. The van der Waals surface area contributed by atoms with Gasteiger partial charge in [-0.05, 0) is 25.1 Å². The quantitative estimate of drug-likeness (QED) is 0.447. The molecule has 1 heterocycles. The predicted molar refractivity (Wildman–Crippen MR) is 72.6 cm³/mol. The number of hydrogen-bond donors (Lipinski definition) is 3. The van der Waals surface area contributed by atoms with Crippen LogP contribution in [0.1, 0.15) is 6.92 Å². The van der Waals surface area contributed by atoms with Crippen molar-refractivity contribution in [1.29, 1.82) is 0 Å². The molecule has 1 aromatic heterocycles. The van der Waals surface area contributed by atoms with Gasteiger partial charge in [-0.15, -0.1) is 0 Å². The van der Waals surface area contributed by atoms with Crippen molar-refractivity contribution in [2.24, 2.45) is 0 Å². The van der Waals surface area contributed by atoms with Crippen LogP contribution in [0, 0.1) is 0 Å². The number of anilines is 1. The molecule has 5 nitrogen and oxygen atoms in total. The summed E-state index contributed by atoms with van der Waals surface area (Å²) in [5.74, 6) is -0.341. The average Bonchev–Trinajstić information content (AvgIpc) is 2.67. The Balaban J connectivity index is 2.11. The zero-order chi connectivity index (χ0) is 13.1. The highest BCUT2D eigenvalue weighted by atomic mass is 32.2. The number of carboxylic acid groups (broad SMARTS) is 1. The first-order valence-electron chi connectivity index (χ1n) is 5.33. The van der Waals surface area contributed by atoms with Gasteiger partial charge < -0.3 is 15.8 Å². The lowest BCUT2D eigenvalue weighted by atomic mass is 10.3. The Morgan fingerprint density at radius 2 is 2.39 bits per heavy atom. The summed E-state index contributed by atoms with van der Waals surface area (Å²) in [6.45, 7) is 1.78. The second kappa shape index (κ2) is 5.14. The molecule has 0 aliphatic rings. The molecule has 0 aliphatic carbocycles. The standard InChI is InChI=1S/C12H13N3O2S/c1-7(4-11(16)17)6-18-12-14-9-3-2-8(13)5-10(9)15-12/h2-5H,6,13H2,1H3,(H,14,15)(H,16,17)/b7-4-. The Labute approximate surface area is 108 Å². The predicted octanol–water partition coefficient (Wildman–Crippen LogP) is 2.27. The highest BCUT2D eigenvalue weighted by Crippen LogP contribution is 2.22. The smallest absolute Gasteiger partial charge is 0.328 e. The van der Waals surface area contributed by atoms with E-state index in [2.05, 4.69) is 9.97 Å². The number of carbonyl (C=O) groups is 1. The van der Waals surface area contributed by atoms with E-state index in [0.29, 0.717) is 11.4 Å². The molecule has 2 rings (SSSR count). The maximum Gasteiger partial charge on any atom is 0.328 e. The van der Waals surface area contributed by atoms with E-state index < -0.39 is 5.97 Å². The number of carboxylic acids is 1. The summed E-state index contributed by atoms with van der Waals surface area (Å²) < 4.78 is 0. The molecule has 0 atom stereocenters. The SMILES string of the molecule is C/C(=C/C(=O)O)CSc1nc2ccc(N)cc2[nH]1. The molecule has 94 valence electrons. The summed E-state index contributed by atoms with van der Waals surface area (Å²) in [6.07, 6.45) is 1.20. The van der Waals surface area contributed by atoms with E-state index in [1.807, 2.05) is 12.1 Å². The number of nitrogen functional groups attached to an aromatic ring is 1. The lowest BCUT2D eigenvalue weighted by molar-refractivity contribution is -0.131. The number of aromatic nitrogens is 2. The number of aromatic amines is 1. The fourth-order valence-electron chi connectivity index (χ4n) is 1.51. The molecule has 0 unspecified atom stereocenters. The van der Waals surface area contributed by atoms with Crippen molar-refractivity contribution in [3.8, 4) is 0 Å². The molecule has 18 heavy (non-hydrogen) atoms. The number of hydrogen-bond acceptors (Lipinski definition) is 4. The molecule has 0 spiro atoms. The first kappa shape index (κ1) is 12.5. The summed E-state index contributed by atoms with van der Waals surface area (Å²) >= 11 is 1.46. The van der Waals surface area contributed by atoms with Crippen LogP contribution < -0.4 is 5.73 Å². The number of H-pyrrole nitrogens is 1. The third kappa shape index (κ3) is 3.04. The highest BCUT2D eigenvalue weighted by molar-refractivity contribution is 7.99. The van der Waals surface area contributed by atoms with E-state index in [1.165, 1.54) is 17.8 Å². The van der Waals surface area contributed by atoms with Crippen molar-refractivity contribution in [2.45, 2.75) is 12.1 Å². The first-order valence-corrected chi connectivity index (χ1v) is 6.31. The summed E-state index contributed by atoms with van der Waals surface area (Å²) in [5.41, 5.74) is 8.89. The van der Waals surface area contributed by atoms with E-state index in [9.17, 15) is 4.79 Å². The van der Waals surface area contributed by atoms with Gasteiger partial charge in [-0.2, -0.15) is 0 Å². The van der Waals surface area contributed by atoms with Crippen LogP contribution in [-0.4, -0.2) is 26.8 Å². The molecule has 0 radical (unpaired) electrons. The van der Waals surface area contributed by atoms with Crippen LogP contribution in [0.4, 0.5) is 5.69 Å². The maximum absolute atomic E-state index is 10.5. The van der Waals surface area contributed by atoms with Gasteiger partial charge in [0.25, 0.3) is 0 Å². The molecule has 4 N–H and O–H groups in total. The number of fused-ring (bicyclic) bond motifs is 1. The molecule has 0 saturated carbocycles. The van der Waals surface area contributed by atoms with Gasteiger partial charge in [0.2, 0.25) is 0 Å². The lowest BCUT2D eigenvalue weighted by Crippen LogP contribution is -1.92. The number of imidazole rings is 1. The van der Waals surface area contributed by atoms with Crippen molar-refractivity contribution in [2.75, 3.05) is 11.5 Å². The number of nitrogens with two attached hydrogens (primary N) is 1. The fraction of sp³-hybridized carbons (Fsp3) is 0.167. The van der Waals surface area contributed by atoms with Gasteiger partial charge in [-0.25, -0.2) is 9.78 Å². The van der Waals surface area contributed by atoms with E-state index >= 15 is 0 Å². The van der Waals surface area contributed by atoms with Gasteiger partial charge in [-0.3, -0.25) is 0 Å². The van der Waals surface area contributed by atoms with Gasteiger partial charge in [0.05, 0.1) is 11.0 Å². The molecule has 0 bridgehead atoms. The lowest BCUT2D eigenvalue weighted by Gasteiger charge is -1.96. The molecule has 0 aliphatic heterocycles. The fourth-order valence-corrected chi connectivity index (χ4v) is 2.30. The topological polar surface area (TPSA) is 92.0 Å². The minimum absolute atomic E-state index is 0.585. The highest BCUT2D eigenvalue weighted by Gasteiger charge is 2.04. The Morgan fingerprint density at radius 1 is 1.61 bits per heavy atom. The summed E-state index contributed by atoms with van der Waals surface area (Å²) in [7, 11) is 0. The number of nitrogens with zero attached hydrogens (tertiary/aromatic N) is 1. The zero-order valence-electron chi connectivity index (χ0n) is 9.80. The number of nitrogens with one attached hydrogen (secondary N) is 1. The largest absolute Gasteiger partial charge is 0.478 e. The van der Waals surface area contributed by atoms with Gasteiger partial charge in [-0.1, -0.05) is 17.3 Å². The van der Waals surface area contributed by atoms with Crippen LogP contribution in [-0.2, 0) is 4.79 Å². The van der Waals surface area contributed by atoms with Gasteiger partial charge >= 0.3 is 5.97 Å². The molecular formula is C12H13N3O2S. The van der Waals surface area contributed by atoms with Crippen molar-refractivity contribution in [3.63, 3.8) is 0 Å². The molecule has 6 heteroatoms. The monoisotopic (exact) mass is 263 g/mol. The normalized spacial score (nSPS) is 11.9. The van der Waals surface area contributed by atoms with Gasteiger partial charge in [0, 0.05) is 17.5 Å². The van der Waals surface area contributed by atoms with Crippen molar-refractivity contribution in [1.82, 2.24) is 9.97 Å². The third-order valence-corrected chi connectivity index (χ3v) is 3.36. The molecular weight excluding hydrogens is 250 g/mol. The zero-order valence-corrected chi connectivity index (χ0v) is 10.6. The van der Waals surface area contributed by atoms with E-state index in [-0.39, 0.29) is 0 Å². The van der Waals surface area contributed by atoms with E-state index in [4.69, 9.17) is 10.8 Å². The van der Waals surface area contributed by atoms with Crippen LogP contribution in [0.2, 0.25) is 0 Å². The Hall–Kier alpha value is -1.95. The van der Waals surface area contributed by atoms with Crippen molar-refractivity contribution in [3.05, 3.63) is 29.8 Å². The summed E-state index contributed by atoms with van der Waals surface area (Å²) in [5, 5.41) is 9.36. The average molecular weight is 263 g/mol. The number of thioether (sulfide) groups is 1. The molecule has 2 aromatic rings. The molecule has 0 fully saturated rings. The van der Waals surface area contributed by atoms with Crippen LogP contribution >= 0.6 is 11.8 Å². The van der Waals surface area contributed by atoms with Crippen LogP contribution in [0.15, 0.2) is 35.0 Å². The Morgan fingerprint density at radius 3 is 3.11 bits per heavy atom. The van der Waals surface area contributed by atoms with Crippen LogP contribution in [0.25, 0.3) is 11.0 Å². The maximum atomic E-state index is 10.5. The minimum Gasteiger partial charge on any atom is -0.478 e. The van der Waals surface area contributed by atoms with E-state index in [0.717, 1.165) is 21.8 Å². The summed E-state index contributed by atoms with van der Waals surface area (Å²) in [6, 6.07) is 5.48. The Bertz CT molecular complexity index is 619. The van der Waals surface area contributed by atoms with Crippen LogP contribution in [0.5, 0.6) is 0 Å². The Kier molecular flexibility index (Phi) is 3.57.